The van der Waals surface area contributed by atoms with Crippen LogP contribution in [0.1, 0.15) is 55.6 Å². The minimum Gasteiger partial charge on any atom is -0.545 e. The third-order valence-electron chi connectivity index (χ3n) is 5.62. The van der Waals surface area contributed by atoms with E-state index >= 15 is 0 Å². The summed E-state index contributed by atoms with van der Waals surface area (Å²) in [5, 5.41) is 0. The van der Waals surface area contributed by atoms with E-state index in [-0.39, 0.29) is 34.1 Å². The van der Waals surface area contributed by atoms with Crippen molar-refractivity contribution in [2.75, 3.05) is 0 Å². The van der Waals surface area contributed by atoms with Crippen LogP contribution in [0.5, 0.6) is 0 Å². The van der Waals surface area contributed by atoms with Crippen LogP contribution in [0.3, 0.4) is 0 Å². The molecule has 1 radical (unpaired) electrons. The summed E-state index contributed by atoms with van der Waals surface area (Å²) in [5.41, 5.74) is 14.7. The van der Waals surface area contributed by atoms with Gasteiger partial charge in [-0.2, -0.15) is 55.6 Å². The van der Waals surface area contributed by atoms with Crippen LogP contribution < -0.4 is 0 Å². The Bertz CT molecular complexity index is 526. The van der Waals surface area contributed by atoms with Crippen LogP contribution in [0.15, 0.2) is 0 Å². The molecular weight excluding hydrogens is 464 g/mol. The molecule has 0 N–H and O–H groups in total. The molecule has 0 fully saturated rings. The summed E-state index contributed by atoms with van der Waals surface area (Å²) in [7, 11) is 0. The van der Waals surface area contributed by atoms with Gasteiger partial charge in [0, 0.05) is 17.1 Å². The van der Waals surface area contributed by atoms with Crippen molar-refractivity contribution in [1.82, 2.24) is 0 Å². The first-order valence-corrected chi connectivity index (χ1v) is 8.38. The summed E-state index contributed by atoms with van der Waals surface area (Å²) in [4.78, 5) is 15.5. The van der Waals surface area contributed by atoms with Gasteiger partial charge in [0.2, 0.25) is 0 Å². The number of hydrogen-bond acceptors (Lipinski definition) is 2. The van der Waals surface area contributed by atoms with Crippen LogP contribution in [-0.2, 0) is 53.0 Å². The quantitative estimate of drug-likeness (QED) is 0.216. The van der Waals surface area contributed by atoms with Gasteiger partial charge in [-0.1, -0.05) is 69.2 Å². The topological polar surface area (TPSA) is 73.9 Å². The van der Waals surface area contributed by atoms with Gasteiger partial charge < -0.3 is 9.59 Å². The van der Waals surface area contributed by atoms with Crippen molar-refractivity contribution in [2.24, 2.45) is 0 Å². The zero-order valence-electron chi connectivity index (χ0n) is 19.5. The van der Waals surface area contributed by atoms with Gasteiger partial charge in [-0.3, -0.25) is 13.6 Å². The van der Waals surface area contributed by atoms with E-state index in [2.05, 4.69) is 96.1 Å². The van der Waals surface area contributed by atoms with Crippen LogP contribution in [-0.4, -0.2) is 13.6 Å². The van der Waals surface area contributed by atoms with E-state index in [1.54, 1.807) is 0 Å². The normalized spacial score (nSPS) is 7.40. The minimum atomic E-state index is 0. The SMILES string of the molecule is Cc1c(C)c(C)[c-](C)c1C.Cc1c(C)c(C)[c-](C)c1C.[C-]#[O+].[C-]#[O+].[CH-]=O.[CH-]=O.[Fe+5].[Fe]. The van der Waals surface area contributed by atoms with Crippen LogP contribution in [0.4, 0.5) is 0 Å². The standard InChI is InChI=1S/2C10H15.2CHO.2CO.2Fe/c2*1-6-7(2)9(4)10(5)8(6)3;4*1-2;;/h2*1-5H3;2*1H;;;;/q4*-1;;;;+5. The third kappa shape index (κ3) is 11.7. The molecule has 4 nitrogen and oxygen atoms in total. The fraction of sp³-hybridized carbons (Fsp3) is 0.417. The third-order valence-corrected chi connectivity index (χ3v) is 5.62. The van der Waals surface area contributed by atoms with Gasteiger partial charge in [0.25, 0.3) is 0 Å². The van der Waals surface area contributed by atoms with Crippen molar-refractivity contribution in [3.05, 3.63) is 68.9 Å². The molecule has 0 aliphatic carbocycles. The second kappa shape index (κ2) is 23.8. The molecule has 0 saturated heterocycles. The predicted octanol–water partition coefficient (Wildman–Crippen LogP) is 5.27. The molecule has 167 valence electrons. The molecule has 0 spiro atoms. The van der Waals surface area contributed by atoms with E-state index in [1.807, 2.05) is 0 Å². The van der Waals surface area contributed by atoms with Crippen molar-refractivity contribution in [3.8, 4) is 0 Å². The second-order valence-electron chi connectivity index (χ2n) is 6.25. The number of carbonyl (C=O) groups excluding carboxylic acids is 2. The van der Waals surface area contributed by atoms with Crippen LogP contribution >= 0.6 is 0 Å². The first-order chi connectivity index (χ1) is 13.1. The molecule has 2 aromatic carbocycles. The smallest absolute Gasteiger partial charge is 0.545 e. The summed E-state index contributed by atoms with van der Waals surface area (Å²) in [5.74, 6) is 0. The van der Waals surface area contributed by atoms with E-state index in [0.717, 1.165) is 0 Å². The maximum atomic E-state index is 7.75. The Hall–Kier alpha value is -1.44. The Balaban J connectivity index is -0.0000000686. The molecule has 0 amide bonds. The van der Waals surface area contributed by atoms with Crippen molar-refractivity contribution >= 4 is 13.6 Å². The number of hydrogen-bond donors (Lipinski definition) is 0. The average molecular weight is 496 g/mol. The van der Waals surface area contributed by atoms with Gasteiger partial charge in [0.05, 0.1) is 0 Å². The Morgan fingerprint density at radius 3 is 0.667 bits per heavy atom. The molecule has 2 rings (SSSR count). The van der Waals surface area contributed by atoms with Crippen molar-refractivity contribution in [2.45, 2.75) is 69.2 Å². The van der Waals surface area contributed by atoms with E-state index in [0.29, 0.717) is 0 Å². The molecule has 0 atom stereocenters. The summed E-state index contributed by atoms with van der Waals surface area (Å²) in [6, 6.07) is 0. The van der Waals surface area contributed by atoms with Gasteiger partial charge in [-0.15, -0.1) is 0 Å². The molecule has 0 heterocycles. The Morgan fingerprint density at radius 2 is 0.633 bits per heavy atom. The van der Waals surface area contributed by atoms with E-state index in [1.165, 1.54) is 55.6 Å². The molecule has 0 saturated carbocycles. The Morgan fingerprint density at radius 1 is 0.533 bits per heavy atom. The molecule has 0 aliphatic rings. The summed E-state index contributed by atoms with van der Waals surface area (Å²) < 4.78 is 15.0. The van der Waals surface area contributed by atoms with Crippen molar-refractivity contribution < 1.29 is 53.0 Å². The molecule has 6 heteroatoms. The minimum absolute atomic E-state index is 0. The van der Waals surface area contributed by atoms with E-state index in [4.69, 9.17) is 18.9 Å². The van der Waals surface area contributed by atoms with Crippen LogP contribution in [0.25, 0.3) is 0 Å². The Kier molecular flexibility index (Phi) is 33.9. The van der Waals surface area contributed by atoms with E-state index < -0.39 is 0 Å². The molecule has 0 unspecified atom stereocenters. The maximum Gasteiger partial charge on any atom is 5.00 e. The summed E-state index contributed by atoms with van der Waals surface area (Å²) in [6.07, 6.45) is 0. The second-order valence-corrected chi connectivity index (χ2v) is 6.25. The molecule has 0 aliphatic heterocycles. The zero-order valence-corrected chi connectivity index (χ0v) is 21.7. The fourth-order valence-corrected chi connectivity index (χ4v) is 2.81. The van der Waals surface area contributed by atoms with Gasteiger partial charge in [-0.05, 0) is 0 Å². The van der Waals surface area contributed by atoms with Crippen molar-refractivity contribution in [1.29, 1.82) is 0 Å². The monoisotopic (exact) mass is 496 g/mol. The first-order valence-electron chi connectivity index (χ1n) is 8.38. The molecule has 2 aromatic rings. The van der Waals surface area contributed by atoms with Gasteiger partial charge in [-0.25, -0.2) is 0 Å². The zero-order chi connectivity index (χ0) is 23.8. The molecule has 0 aromatic heterocycles. The van der Waals surface area contributed by atoms with Gasteiger partial charge >= 0.3 is 39.7 Å². The molecule has 30 heavy (non-hydrogen) atoms. The molecular formula is C24H32Fe2O4+. The van der Waals surface area contributed by atoms with Gasteiger partial charge in [0.1, 0.15) is 0 Å². The summed E-state index contributed by atoms with van der Waals surface area (Å²) >= 11 is 0. The first kappa shape index (κ1) is 42.6. The average Bonchev–Trinajstić information content (AvgIpc) is 3.04. The molecule has 0 bridgehead atoms. The Labute approximate surface area is 204 Å². The van der Waals surface area contributed by atoms with Crippen molar-refractivity contribution in [3.63, 3.8) is 0 Å². The predicted molar refractivity (Wildman–Crippen MR) is 113 cm³/mol. The van der Waals surface area contributed by atoms with E-state index in [9.17, 15) is 0 Å². The van der Waals surface area contributed by atoms with Crippen LogP contribution in [0.2, 0.25) is 0 Å². The van der Waals surface area contributed by atoms with Gasteiger partial charge in [0.15, 0.2) is 0 Å². The fourth-order valence-electron chi connectivity index (χ4n) is 2.81. The maximum absolute atomic E-state index is 7.75. The number of rotatable bonds is 0. The summed E-state index contributed by atoms with van der Waals surface area (Å²) in [6.45, 7) is 37.5. The largest absolute Gasteiger partial charge is 5.00 e. The van der Waals surface area contributed by atoms with Crippen LogP contribution in [0, 0.1) is 82.5 Å².